The topological polar surface area (TPSA) is 55.4 Å². The maximum Gasteiger partial charge on any atom is 0.496 e. The maximum absolute atomic E-state index is 14.5. The lowest BCUT2D eigenvalue weighted by Crippen LogP contribution is -2.41. The van der Waals surface area contributed by atoms with Crippen LogP contribution in [0.5, 0.6) is 0 Å². The zero-order valence-electron chi connectivity index (χ0n) is 14.5. The molecule has 1 aliphatic heterocycles. The monoisotopic (exact) mass is 337 g/mol. The Morgan fingerprint density at radius 3 is 2.36 bits per heavy atom. The molecule has 4 nitrogen and oxygen atoms in total. The minimum Gasteiger partial charge on any atom is -0.453 e. The van der Waals surface area contributed by atoms with Crippen LogP contribution in [0, 0.1) is 17.1 Å². The van der Waals surface area contributed by atoms with Crippen molar-refractivity contribution in [1.29, 1.82) is 5.26 Å². The number of nitriles is 1. The fourth-order valence-electron chi connectivity index (χ4n) is 3.18. The van der Waals surface area contributed by atoms with Crippen LogP contribution in [0.3, 0.4) is 0 Å². The third kappa shape index (κ3) is 2.20. The van der Waals surface area contributed by atoms with Crippen LogP contribution in [0.2, 0.25) is 0 Å². The summed E-state index contributed by atoms with van der Waals surface area (Å²) < 4.78 is 32.5. The summed E-state index contributed by atoms with van der Waals surface area (Å²) in [6.07, 6.45) is 0. The summed E-state index contributed by atoms with van der Waals surface area (Å²) in [4.78, 5) is 0. The molecular formula is C19H17BFNO3. The van der Waals surface area contributed by atoms with Gasteiger partial charge in [-0.25, -0.2) is 4.39 Å². The molecule has 0 aliphatic carbocycles. The molecule has 3 aromatic rings. The smallest absolute Gasteiger partial charge is 0.453 e. The molecule has 2 aromatic carbocycles. The summed E-state index contributed by atoms with van der Waals surface area (Å²) >= 11 is 0. The first-order valence-corrected chi connectivity index (χ1v) is 8.14. The van der Waals surface area contributed by atoms with Crippen molar-refractivity contribution in [2.75, 3.05) is 0 Å². The van der Waals surface area contributed by atoms with Gasteiger partial charge in [-0.05, 0) is 39.8 Å². The van der Waals surface area contributed by atoms with E-state index in [9.17, 15) is 9.65 Å². The van der Waals surface area contributed by atoms with Gasteiger partial charge < -0.3 is 13.7 Å². The molecule has 1 aliphatic rings. The van der Waals surface area contributed by atoms with E-state index in [1.165, 1.54) is 6.07 Å². The van der Waals surface area contributed by atoms with Crippen molar-refractivity contribution in [3.63, 3.8) is 0 Å². The van der Waals surface area contributed by atoms with E-state index in [1.807, 2.05) is 45.9 Å². The van der Waals surface area contributed by atoms with E-state index in [-0.39, 0.29) is 11.1 Å². The van der Waals surface area contributed by atoms with Crippen molar-refractivity contribution in [3.8, 4) is 6.07 Å². The van der Waals surface area contributed by atoms with Gasteiger partial charge in [0.15, 0.2) is 11.4 Å². The highest BCUT2D eigenvalue weighted by Crippen LogP contribution is 2.38. The van der Waals surface area contributed by atoms with E-state index in [2.05, 4.69) is 6.07 Å². The van der Waals surface area contributed by atoms with Crippen LogP contribution in [0.4, 0.5) is 4.39 Å². The van der Waals surface area contributed by atoms with E-state index in [1.54, 1.807) is 6.07 Å². The van der Waals surface area contributed by atoms with Crippen LogP contribution in [0.1, 0.15) is 33.3 Å². The van der Waals surface area contributed by atoms with Crippen LogP contribution < -0.4 is 5.46 Å². The van der Waals surface area contributed by atoms with E-state index in [4.69, 9.17) is 13.7 Å². The van der Waals surface area contributed by atoms with Crippen molar-refractivity contribution >= 4 is 34.5 Å². The lowest BCUT2D eigenvalue weighted by atomic mass is 9.73. The molecule has 0 bridgehead atoms. The highest BCUT2D eigenvalue weighted by Gasteiger charge is 2.53. The van der Waals surface area contributed by atoms with Gasteiger partial charge in [-0.1, -0.05) is 18.2 Å². The van der Waals surface area contributed by atoms with Crippen LogP contribution in [0.15, 0.2) is 34.7 Å². The summed E-state index contributed by atoms with van der Waals surface area (Å²) in [6.45, 7) is 7.75. The first-order chi connectivity index (χ1) is 11.7. The van der Waals surface area contributed by atoms with Gasteiger partial charge in [0.1, 0.15) is 5.58 Å². The second-order valence-electron chi connectivity index (χ2n) is 7.32. The van der Waals surface area contributed by atoms with E-state index in [0.717, 1.165) is 5.39 Å². The van der Waals surface area contributed by atoms with Crippen LogP contribution >= 0.6 is 0 Å². The Hall–Kier alpha value is -2.36. The van der Waals surface area contributed by atoms with Gasteiger partial charge in [0, 0.05) is 16.2 Å². The molecule has 6 heteroatoms. The van der Waals surface area contributed by atoms with Crippen molar-refractivity contribution < 1.29 is 18.1 Å². The predicted octanol–water partition coefficient (Wildman–Crippen LogP) is 3.90. The third-order valence-electron chi connectivity index (χ3n) is 5.25. The molecule has 0 atom stereocenters. The van der Waals surface area contributed by atoms with Gasteiger partial charge in [-0.3, -0.25) is 0 Å². The zero-order chi connectivity index (χ0) is 18.0. The number of halogens is 1. The Morgan fingerprint density at radius 1 is 1.08 bits per heavy atom. The lowest BCUT2D eigenvalue weighted by molar-refractivity contribution is 0.00578. The molecule has 2 heterocycles. The maximum atomic E-state index is 14.5. The zero-order valence-corrected chi connectivity index (χ0v) is 14.5. The molecule has 0 saturated carbocycles. The number of furan rings is 1. The average Bonchev–Trinajstić information content (AvgIpc) is 3.02. The number of nitrogens with zero attached hydrogens (tertiary/aromatic N) is 1. The fourth-order valence-corrected chi connectivity index (χ4v) is 3.18. The summed E-state index contributed by atoms with van der Waals surface area (Å²) in [7, 11) is -0.774. The number of hydrogen-bond donors (Lipinski definition) is 0. The molecule has 1 saturated heterocycles. The van der Waals surface area contributed by atoms with Crippen molar-refractivity contribution in [2.45, 2.75) is 38.9 Å². The van der Waals surface area contributed by atoms with Crippen molar-refractivity contribution in [2.24, 2.45) is 0 Å². The number of para-hydroxylation sites is 1. The third-order valence-corrected chi connectivity index (χ3v) is 5.25. The second kappa shape index (κ2) is 5.07. The average molecular weight is 337 g/mol. The normalized spacial score (nSPS) is 18.8. The Bertz CT molecular complexity index is 1030. The predicted molar refractivity (Wildman–Crippen MR) is 94.1 cm³/mol. The number of benzene rings is 2. The molecule has 0 spiro atoms. The van der Waals surface area contributed by atoms with Crippen molar-refractivity contribution in [3.05, 3.63) is 41.7 Å². The van der Waals surface area contributed by atoms with Crippen LogP contribution in [-0.2, 0) is 9.31 Å². The van der Waals surface area contributed by atoms with Crippen LogP contribution in [0.25, 0.3) is 21.9 Å². The first kappa shape index (κ1) is 16.1. The van der Waals surface area contributed by atoms with Gasteiger partial charge in [-0.2, -0.15) is 5.26 Å². The Morgan fingerprint density at radius 2 is 1.72 bits per heavy atom. The van der Waals surface area contributed by atoms with Gasteiger partial charge in [-0.15, -0.1) is 0 Å². The molecule has 4 rings (SSSR count). The Kier molecular flexibility index (Phi) is 3.27. The quantitative estimate of drug-likeness (QED) is 0.632. The molecule has 0 radical (unpaired) electrons. The largest absolute Gasteiger partial charge is 0.496 e. The van der Waals surface area contributed by atoms with Gasteiger partial charge in [0.25, 0.3) is 0 Å². The highest BCUT2D eigenvalue weighted by atomic mass is 19.1. The minimum atomic E-state index is -0.774. The molecular weight excluding hydrogens is 320 g/mol. The fraction of sp³-hybridized carbons (Fsp3) is 0.316. The number of fused-ring (bicyclic) bond motifs is 3. The van der Waals surface area contributed by atoms with E-state index < -0.39 is 24.1 Å². The van der Waals surface area contributed by atoms with E-state index in [0.29, 0.717) is 16.4 Å². The molecule has 1 aromatic heterocycles. The second-order valence-corrected chi connectivity index (χ2v) is 7.32. The highest BCUT2D eigenvalue weighted by molar-refractivity contribution is 6.66. The van der Waals surface area contributed by atoms with Gasteiger partial charge >= 0.3 is 7.12 Å². The Balaban J connectivity index is 2.07. The van der Waals surface area contributed by atoms with Gasteiger partial charge in [0.05, 0.1) is 22.8 Å². The molecule has 25 heavy (non-hydrogen) atoms. The van der Waals surface area contributed by atoms with E-state index >= 15 is 0 Å². The first-order valence-electron chi connectivity index (χ1n) is 8.14. The van der Waals surface area contributed by atoms with Crippen molar-refractivity contribution in [1.82, 2.24) is 0 Å². The van der Waals surface area contributed by atoms with Gasteiger partial charge in [0.2, 0.25) is 0 Å². The molecule has 0 unspecified atom stereocenters. The summed E-state index contributed by atoms with van der Waals surface area (Å²) in [5.74, 6) is -0.567. The molecule has 0 amide bonds. The molecule has 0 N–H and O–H groups in total. The molecule has 126 valence electrons. The lowest BCUT2D eigenvalue weighted by Gasteiger charge is -2.32. The van der Waals surface area contributed by atoms with Crippen LogP contribution in [-0.4, -0.2) is 18.3 Å². The summed E-state index contributed by atoms with van der Waals surface area (Å²) in [5.41, 5.74) is 0.252. The number of rotatable bonds is 1. The standard InChI is InChI=1S/C19H17BFNO3/c1-18(2)19(3,4)25-20(24-18)16-11(10-22)9-13(21)17-15(16)12-7-5-6-8-14(12)23-17/h5-9H,1-4H3. The SMILES string of the molecule is CC1(C)OB(c2c(C#N)cc(F)c3oc4ccccc4c23)OC1(C)C. The minimum absolute atomic E-state index is 0.116. The summed E-state index contributed by atoms with van der Waals surface area (Å²) in [5, 5.41) is 10.8. The molecule has 1 fully saturated rings. The Labute approximate surface area is 145 Å². The number of hydrogen-bond acceptors (Lipinski definition) is 4. The summed E-state index contributed by atoms with van der Waals surface area (Å²) in [6, 6.07) is 10.5.